The van der Waals surface area contributed by atoms with Gasteiger partial charge in [-0.1, -0.05) is 36.4 Å². The summed E-state index contributed by atoms with van der Waals surface area (Å²) in [6.45, 7) is 3.13. The van der Waals surface area contributed by atoms with Gasteiger partial charge in [0.1, 0.15) is 23.1 Å². The number of amidine groups is 1. The van der Waals surface area contributed by atoms with Gasteiger partial charge in [-0.2, -0.15) is 28.7 Å². The van der Waals surface area contributed by atoms with Crippen molar-refractivity contribution in [1.82, 2.24) is 10.6 Å². The zero-order chi connectivity index (χ0) is 29.8. The number of benzene rings is 2. The number of anilines is 1. The molecule has 11 heteroatoms. The maximum Gasteiger partial charge on any atom is 0.407 e. The van der Waals surface area contributed by atoms with Crippen molar-refractivity contribution in [3.05, 3.63) is 54.1 Å². The number of halogens is 4. The summed E-state index contributed by atoms with van der Waals surface area (Å²) in [5, 5.41) is 23.1. The number of hydrogen-bond donors (Lipinski definition) is 2. The molecule has 2 fully saturated rings. The number of piperidine rings is 1. The minimum Gasteiger partial charge on any atom is -0.336 e. The van der Waals surface area contributed by atoms with E-state index in [-0.39, 0.29) is 5.56 Å². The lowest BCUT2D eigenvalue weighted by Crippen LogP contribution is -2.53. The maximum atomic E-state index is 14.5. The van der Waals surface area contributed by atoms with E-state index < -0.39 is 41.8 Å². The minimum absolute atomic E-state index is 0.126. The quantitative estimate of drug-likeness (QED) is 0.281. The number of carbonyl (C=O) groups excluding carboxylic acids is 1. The first-order valence-electron chi connectivity index (χ1n) is 13.5. The summed E-state index contributed by atoms with van der Waals surface area (Å²) < 4.78 is 57.2. The molecule has 4 rings (SSSR count). The van der Waals surface area contributed by atoms with Crippen LogP contribution in [0.1, 0.15) is 64.0 Å². The van der Waals surface area contributed by atoms with Crippen molar-refractivity contribution < 1.29 is 22.4 Å². The van der Waals surface area contributed by atoms with E-state index in [2.05, 4.69) is 15.6 Å². The van der Waals surface area contributed by atoms with Crippen molar-refractivity contribution in [2.45, 2.75) is 81.8 Å². The summed E-state index contributed by atoms with van der Waals surface area (Å²) in [5.74, 6) is -0.123. The zero-order valence-corrected chi connectivity index (χ0v) is 22.9. The zero-order valence-electron chi connectivity index (χ0n) is 22.9. The van der Waals surface area contributed by atoms with Crippen molar-refractivity contribution in [2.75, 3.05) is 11.4 Å². The van der Waals surface area contributed by atoms with E-state index in [1.54, 1.807) is 12.1 Å². The first-order valence-corrected chi connectivity index (χ1v) is 13.5. The third kappa shape index (κ3) is 7.62. The van der Waals surface area contributed by atoms with Crippen LogP contribution in [0.2, 0.25) is 0 Å². The Morgan fingerprint density at radius 2 is 1.63 bits per heavy atom. The Labute approximate surface area is 236 Å². The number of nitrogens with one attached hydrogen (secondary N) is 2. The van der Waals surface area contributed by atoms with Crippen molar-refractivity contribution in [3.8, 4) is 23.4 Å². The Bertz CT molecular complexity index is 1350. The van der Waals surface area contributed by atoms with Crippen molar-refractivity contribution in [2.24, 2.45) is 4.99 Å². The summed E-state index contributed by atoms with van der Waals surface area (Å²) in [7, 11) is 0. The van der Waals surface area contributed by atoms with E-state index in [9.17, 15) is 27.6 Å². The van der Waals surface area contributed by atoms with Gasteiger partial charge in [0.05, 0.1) is 12.1 Å². The van der Waals surface area contributed by atoms with Gasteiger partial charge in [0.15, 0.2) is 0 Å². The van der Waals surface area contributed by atoms with Crippen LogP contribution >= 0.6 is 0 Å². The van der Waals surface area contributed by atoms with E-state index in [1.165, 1.54) is 26.0 Å². The van der Waals surface area contributed by atoms with Crippen LogP contribution in [0.3, 0.4) is 0 Å². The van der Waals surface area contributed by atoms with Crippen molar-refractivity contribution in [1.29, 1.82) is 10.5 Å². The molecule has 1 aliphatic heterocycles. The molecule has 1 amide bonds. The summed E-state index contributed by atoms with van der Waals surface area (Å²) in [6, 6.07) is 11.5. The van der Waals surface area contributed by atoms with Crippen LogP contribution in [0.15, 0.2) is 53.5 Å². The molecular weight excluding hydrogens is 536 g/mol. The highest BCUT2D eigenvalue weighted by Crippen LogP contribution is 2.37. The summed E-state index contributed by atoms with van der Waals surface area (Å²) in [4.78, 5) is 18.8. The Morgan fingerprint density at radius 1 is 1.02 bits per heavy atom. The van der Waals surface area contributed by atoms with Gasteiger partial charge in [0.2, 0.25) is 12.1 Å². The van der Waals surface area contributed by atoms with Gasteiger partial charge in [-0.15, -0.1) is 0 Å². The van der Waals surface area contributed by atoms with Crippen LogP contribution in [0, 0.1) is 22.8 Å². The molecule has 2 atom stereocenters. The lowest BCUT2D eigenvalue weighted by Gasteiger charge is -2.30. The van der Waals surface area contributed by atoms with Crippen LogP contribution < -0.4 is 15.5 Å². The number of nitriles is 2. The van der Waals surface area contributed by atoms with Crippen LogP contribution in [-0.2, 0) is 4.79 Å². The molecule has 0 radical (unpaired) electrons. The molecule has 2 N–H and O–H groups in total. The first-order chi connectivity index (χ1) is 19.3. The molecular formula is C30H32F4N6O. The maximum absolute atomic E-state index is 14.5. The molecule has 1 aliphatic carbocycles. The molecule has 2 unspecified atom stereocenters. The highest BCUT2D eigenvalue weighted by Gasteiger charge is 2.48. The molecule has 0 spiro atoms. The monoisotopic (exact) mass is 568 g/mol. The first kappa shape index (κ1) is 30.0. The van der Waals surface area contributed by atoms with Crippen LogP contribution in [-0.4, -0.2) is 41.7 Å². The van der Waals surface area contributed by atoms with Gasteiger partial charge in [0.25, 0.3) is 0 Å². The Morgan fingerprint density at radius 3 is 2.15 bits per heavy atom. The number of carbonyl (C=O) groups is 1. The third-order valence-electron chi connectivity index (χ3n) is 7.31. The highest BCUT2D eigenvalue weighted by molar-refractivity contribution is 5.99. The largest absolute Gasteiger partial charge is 0.407 e. The number of alkyl halides is 4. The predicted octanol–water partition coefficient (Wildman–Crippen LogP) is 6.10. The SMILES string of the molecule is CC(C)(F)CC(NC(c1ccc(-c2ccc(N3CCCCC3=NC#N)cc2)cc1)C(F)(F)F)C(=O)NC1(C#N)CC1. The number of nitrogens with zero attached hydrogens (tertiary/aromatic N) is 4. The normalized spacial score (nSPS) is 19.1. The average Bonchev–Trinajstić information content (AvgIpc) is 3.70. The summed E-state index contributed by atoms with van der Waals surface area (Å²) >= 11 is 0. The Kier molecular flexibility index (Phi) is 8.69. The second-order valence-corrected chi connectivity index (χ2v) is 11.2. The van der Waals surface area contributed by atoms with Crippen LogP contribution in [0.5, 0.6) is 0 Å². The molecule has 1 saturated carbocycles. The van der Waals surface area contributed by atoms with E-state index in [0.29, 0.717) is 24.2 Å². The van der Waals surface area contributed by atoms with Gasteiger partial charge in [-0.25, -0.2) is 4.39 Å². The van der Waals surface area contributed by atoms with Crippen LogP contribution in [0.25, 0.3) is 11.1 Å². The molecule has 7 nitrogen and oxygen atoms in total. The standard InChI is InChI=1S/C30H32F4N6O/c1-28(2,31)17-24(27(41)39-29(18-35)14-15-29)38-26(30(32,33)34)22-8-6-20(7-9-22)21-10-12-23(13-11-21)40-16-4-3-5-25(40)37-19-36/h6-13,24,26,38H,3-5,14-17H2,1-2H3,(H,39,41). The summed E-state index contributed by atoms with van der Waals surface area (Å²) in [6.07, 6.45) is 0.0389. The van der Waals surface area contributed by atoms with E-state index >= 15 is 0 Å². The van der Waals surface area contributed by atoms with E-state index in [0.717, 1.165) is 37.1 Å². The van der Waals surface area contributed by atoms with Gasteiger partial charge in [0, 0.05) is 25.1 Å². The number of amides is 1. The lowest BCUT2D eigenvalue weighted by molar-refractivity contribution is -0.161. The van der Waals surface area contributed by atoms with Gasteiger partial charge in [-0.05, 0) is 68.4 Å². The molecule has 41 heavy (non-hydrogen) atoms. The van der Waals surface area contributed by atoms with Crippen molar-refractivity contribution in [3.63, 3.8) is 0 Å². The minimum atomic E-state index is -4.77. The second kappa shape index (κ2) is 11.9. The number of hydrogen-bond acceptors (Lipinski definition) is 5. The fourth-order valence-electron chi connectivity index (χ4n) is 4.98. The lowest BCUT2D eigenvalue weighted by atomic mass is 9.96. The van der Waals surface area contributed by atoms with Crippen LogP contribution in [0.4, 0.5) is 23.2 Å². The van der Waals surface area contributed by atoms with Gasteiger partial charge < -0.3 is 10.2 Å². The highest BCUT2D eigenvalue weighted by atomic mass is 19.4. The predicted molar refractivity (Wildman–Crippen MR) is 147 cm³/mol. The molecule has 2 aromatic carbocycles. The smallest absolute Gasteiger partial charge is 0.336 e. The fraction of sp³-hybridized carbons (Fsp3) is 0.467. The number of aliphatic imine (C=N–C) groups is 1. The molecule has 0 aromatic heterocycles. The molecule has 2 aliphatic rings. The molecule has 2 aromatic rings. The fourth-order valence-corrected chi connectivity index (χ4v) is 4.98. The molecule has 0 bridgehead atoms. The van der Waals surface area contributed by atoms with E-state index in [4.69, 9.17) is 5.26 Å². The molecule has 216 valence electrons. The van der Waals surface area contributed by atoms with Gasteiger partial charge in [-0.3, -0.25) is 10.1 Å². The summed E-state index contributed by atoms with van der Waals surface area (Å²) in [5.41, 5.74) is -0.797. The third-order valence-corrected chi connectivity index (χ3v) is 7.31. The van der Waals surface area contributed by atoms with Gasteiger partial charge >= 0.3 is 6.18 Å². The molecule has 1 heterocycles. The Balaban J connectivity index is 1.54. The second-order valence-electron chi connectivity index (χ2n) is 11.2. The van der Waals surface area contributed by atoms with E-state index in [1.807, 2.05) is 41.4 Å². The Hall–Kier alpha value is -3.96. The average molecular weight is 569 g/mol. The molecule has 1 saturated heterocycles. The number of rotatable bonds is 9. The topological polar surface area (TPSA) is 104 Å². The van der Waals surface area contributed by atoms with Crippen molar-refractivity contribution >= 4 is 17.4 Å².